The highest BCUT2D eigenvalue weighted by Gasteiger charge is 2.19. The van der Waals surface area contributed by atoms with Crippen LogP contribution in [0.25, 0.3) is 0 Å². The highest BCUT2D eigenvalue weighted by Crippen LogP contribution is 2.17. The summed E-state index contributed by atoms with van der Waals surface area (Å²) in [5.41, 5.74) is 0. The standard InChI is InChI=1S/C72H122O6/c1-4-7-10-13-16-19-22-24-26-28-30-31-32-33-34-35-36-37-38-39-40-41-43-44-46-48-50-53-56-59-62-65-71(74)77-68-69(67-76-70(73)64-61-58-55-52-21-18-15-12-9-6-3)78-72(75)66-63-60-57-54-51-49-47-45-42-29-27-25-23-20-17-14-11-8-5-2/h7-8,10-12,15-17,19-20,24-27,30-31,42,45,69H,4-6,9,13-14,18,21-23,28-29,32-41,43-44,46-68H2,1-3H3/b10-7-,11-8-,15-12-,19-16-,20-17-,26-24-,27-25-,31-30-,45-42-. The first-order valence-corrected chi connectivity index (χ1v) is 32.9. The Balaban J connectivity index is 4.16. The summed E-state index contributed by atoms with van der Waals surface area (Å²) in [7, 11) is 0. The van der Waals surface area contributed by atoms with Crippen molar-refractivity contribution in [1.29, 1.82) is 0 Å². The van der Waals surface area contributed by atoms with Crippen molar-refractivity contribution in [2.75, 3.05) is 13.2 Å². The number of rotatable bonds is 59. The average Bonchev–Trinajstić information content (AvgIpc) is 3.44. The van der Waals surface area contributed by atoms with Crippen LogP contribution in [-0.4, -0.2) is 37.2 Å². The summed E-state index contributed by atoms with van der Waals surface area (Å²) >= 11 is 0. The number of carbonyl (C=O) groups is 3. The van der Waals surface area contributed by atoms with Gasteiger partial charge in [0.05, 0.1) is 0 Å². The molecule has 0 aromatic carbocycles. The van der Waals surface area contributed by atoms with Crippen molar-refractivity contribution in [3.8, 4) is 0 Å². The summed E-state index contributed by atoms with van der Waals surface area (Å²) in [5, 5.41) is 0. The van der Waals surface area contributed by atoms with Gasteiger partial charge in [-0.15, -0.1) is 0 Å². The molecule has 0 saturated heterocycles. The van der Waals surface area contributed by atoms with Crippen LogP contribution in [0.5, 0.6) is 0 Å². The van der Waals surface area contributed by atoms with Gasteiger partial charge in [-0.25, -0.2) is 0 Å². The fourth-order valence-electron chi connectivity index (χ4n) is 9.14. The van der Waals surface area contributed by atoms with Crippen LogP contribution < -0.4 is 0 Å². The second-order valence-electron chi connectivity index (χ2n) is 21.6. The molecule has 6 heteroatoms. The molecular weight excluding hydrogens is 961 g/mol. The van der Waals surface area contributed by atoms with Crippen LogP contribution in [0.4, 0.5) is 0 Å². The van der Waals surface area contributed by atoms with Crippen molar-refractivity contribution in [2.45, 2.75) is 316 Å². The van der Waals surface area contributed by atoms with Crippen molar-refractivity contribution >= 4 is 17.9 Å². The quantitative estimate of drug-likeness (QED) is 0.0261. The van der Waals surface area contributed by atoms with E-state index in [0.717, 1.165) is 135 Å². The maximum atomic E-state index is 12.9. The van der Waals surface area contributed by atoms with Crippen molar-refractivity contribution in [3.63, 3.8) is 0 Å². The van der Waals surface area contributed by atoms with Crippen LogP contribution in [0, 0.1) is 0 Å². The summed E-state index contributed by atoms with van der Waals surface area (Å²) < 4.78 is 16.9. The largest absolute Gasteiger partial charge is 0.462 e. The van der Waals surface area contributed by atoms with E-state index in [2.05, 4.69) is 130 Å². The zero-order chi connectivity index (χ0) is 56.4. The first-order valence-electron chi connectivity index (χ1n) is 32.9. The van der Waals surface area contributed by atoms with Crippen LogP contribution in [0.2, 0.25) is 0 Å². The van der Waals surface area contributed by atoms with Gasteiger partial charge in [0.15, 0.2) is 6.10 Å². The molecule has 0 fully saturated rings. The number of hydrogen-bond acceptors (Lipinski definition) is 6. The second-order valence-corrected chi connectivity index (χ2v) is 21.6. The molecule has 0 spiro atoms. The number of carbonyl (C=O) groups excluding carboxylic acids is 3. The van der Waals surface area contributed by atoms with E-state index >= 15 is 0 Å². The van der Waals surface area contributed by atoms with Gasteiger partial charge in [0.1, 0.15) is 13.2 Å². The normalized spacial score (nSPS) is 12.8. The van der Waals surface area contributed by atoms with Crippen molar-refractivity contribution in [2.24, 2.45) is 0 Å². The van der Waals surface area contributed by atoms with Crippen LogP contribution in [-0.2, 0) is 28.6 Å². The molecule has 0 aromatic rings. The third kappa shape index (κ3) is 62.9. The van der Waals surface area contributed by atoms with Gasteiger partial charge in [0.25, 0.3) is 0 Å². The smallest absolute Gasteiger partial charge is 0.306 e. The summed E-state index contributed by atoms with van der Waals surface area (Å²) in [6.45, 7) is 6.36. The Bertz CT molecular complexity index is 1570. The molecule has 0 heterocycles. The van der Waals surface area contributed by atoms with Gasteiger partial charge in [-0.2, -0.15) is 0 Å². The molecule has 78 heavy (non-hydrogen) atoms. The van der Waals surface area contributed by atoms with Crippen molar-refractivity contribution in [1.82, 2.24) is 0 Å². The minimum absolute atomic E-state index is 0.0849. The van der Waals surface area contributed by atoms with Crippen LogP contribution >= 0.6 is 0 Å². The van der Waals surface area contributed by atoms with Crippen LogP contribution in [0.1, 0.15) is 310 Å². The molecule has 0 N–H and O–H groups in total. The number of hydrogen-bond donors (Lipinski definition) is 0. The molecule has 0 aliphatic heterocycles. The van der Waals surface area contributed by atoms with E-state index in [-0.39, 0.29) is 31.1 Å². The molecule has 1 unspecified atom stereocenters. The lowest BCUT2D eigenvalue weighted by Gasteiger charge is -2.18. The van der Waals surface area contributed by atoms with Gasteiger partial charge < -0.3 is 14.2 Å². The fraction of sp³-hybridized carbons (Fsp3) is 0.708. The SMILES string of the molecule is CC/C=C\C/C=C\C/C=C\C/C=C\CCCCCCCCCCCCCCCCCCCCC(=O)OCC(COC(=O)CCCCCCC/C=C\CCC)OC(=O)CCCCCCCC/C=C\C/C=C\C/C=C\C/C=C\CC. The number of allylic oxidation sites excluding steroid dienone is 18. The zero-order valence-electron chi connectivity index (χ0n) is 51.2. The number of ether oxygens (including phenoxy) is 3. The molecule has 0 aromatic heterocycles. The lowest BCUT2D eigenvalue weighted by Crippen LogP contribution is -2.30. The Kier molecular flexibility index (Phi) is 62.3. The van der Waals surface area contributed by atoms with E-state index in [0.29, 0.717) is 19.3 Å². The van der Waals surface area contributed by atoms with Gasteiger partial charge >= 0.3 is 17.9 Å². The lowest BCUT2D eigenvalue weighted by molar-refractivity contribution is -0.167. The van der Waals surface area contributed by atoms with E-state index in [9.17, 15) is 14.4 Å². The van der Waals surface area contributed by atoms with E-state index in [1.54, 1.807) is 0 Å². The number of esters is 3. The number of unbranched alkanes of at least 4 members (excludes halogenated alkanes) is 30. The van der Waals surface area contributed by atoms with Crippen molar-refractivity contribution < 1.29 is 28.6 Å². The Labute approximate surface area is 482 Å². The molecule has 0 rings (SSSR count). The van der Waals surface area contributed by atoms with Crippen LogP contribution in [0.15, 0.2) is 109 Å². The van der Waals surface area contributed by atoms with E-state index < -0.39 is 6.10 Å². The third-order valence-electron chi connectivity index (χ3n) is 14.0. The summed E-state index contributed by atoms with van der Waals surface area (Å²) in [6.07, 6.45) is 89.8. The average molecular weight is 1080 g/mol. The molecule has 446 valence electrons. The van der Waals surface area contributed by atoms with Gasteiger partial charge in [0, 0.05) is 19.3 Å². The third-order valence-corrected chi connectivity index (χ3v) is 14.0. The minimum atomic E-state index is -0.789. The predicted molar refractivity (Wildman–Crippen MR) is 339 cm³/mol. The molecule has 1 atom stereocenters. The van der Waals surface area contributed by atoms with Crippen LogP contribution in [0.3, 0.4) is 0 Å². The summed E-state index contributed by atoms with van der Waals surface area (Å²) in [6, 6.07) is 0. The predicted octanol–water partition coefficient (Wildman–Crippen LogP) is 22.6. The monoisotopic (exact) mass is 1080 g/mol. The maximum absolute atomic E-state index is 12.9. The van der Waals surface area contributed by atoms with E-state index in [1.165, 1.54) is 135 Å². The Morgan fingerprint density at radius 3 is 0.795 bits per heavy atom. The summed E-state index contributed by atoms with van der Waals surface area (Å²) in [5.74, 6) is -0.902. The molecule has 0 saturated carbocycles. The van der Waals surface area contributed by atoms with Gasteiger partial charge in [0.2, 0.25) is 0 Å². The van der Waals surface area contributed by atoms with Crippen molar-refractivity contribution in [3.05, 3.63) is 109 Å². The Morgan fingerprint density at radius 2 is 0.500 bits per heavy atom. The fourth-order valence-corrected chi connectivity index (χ4v) is 9.14. The minimum Gasteiger partial charge on any atom is -0.462 e. The second kappa shape index (κ2) is 65.6. The Morgan fingerprint density at radius 1 is 0.269 bits per heavy atom. The zero-order valence-corrected chi connectivity index (χ0v) is 51.2. The molecule has 0 aliphatic rings. The molecule has 0 aliphatic carbocycles. The molecule has 6 nitrogen and oxygen atoms in total. The van der Waals surface area contributed by atoms with Gasteiger partial charge in [-0.1, -0.05) is 284 Å². The molecule has 0 bridgehead atoms. The maximum Gasteiger partial charge on any atom is 0.306 e. The topological polar surface area (TPSA) is 78.9 Å². The molecule has 0 radical (unpaired) electrons. The Hall–Kier alpha value is -3.93. The highest BCUT2D eigenvalue weighted by atomic mass is 16.6. The lowest BCUT2D eigenvalue weighted by atomic mass is 10.0. The van der Waals surface area contributed by atoms with Gasteiger partial charge in [-0.3, -0.25) is 14.4 Å². The highest BCUT2D eigenvalue weighted by molar-refractivity contribution is 5.71. The van der Waals surface area contributed by atoms with E-state index in [4.69, 9.17) is 14.2 Å². The first-order chi connectivity index (χ1) is 38.5. The summed E-state index contributed by atoms with van der Waals surface area (Å²) in [4.78, 5) is 38.2. The molecule has 0 amide bonds. The molecular formula is C72H122O6. The van der Waals surface area contributed by atoms with Gasteiger partial charge in [-0.05, 0) is 116 Å². The first kappa shape index (κ1) is 74.1. The van der Waals surface area contributed by atoms with E-state index in [1.807, 2.05) is 0 Å².